The number of benzene rings is 2. The monoisotopic (exact) mass is 822 g/mol. The first-order chi connectivity index (χ1) is 26.5. The molecule has 1 spiro atoms. The third-order valence-corrected chi connectivity index (χ3v) is 11.3. The molecule has 2 aliphatic heterocycles. The Bertz CT molecular complexity index is 2130. The zero-order chi connectivity index (χ0) is 41.7. The lowest BCUT2D eigenvalue weighted by Gasteiger charge is -2.52. The molecule has 4 aromatic rings. The van der Waals surface area contributed by atoms with Crippen LogP contribution in [0.1, 0.15) is 71.3 Å². The number of ether oxygens (including phenoxy) is 2. The molecule has 2 aromatic heterocycles. The maximum Gasteiger partial charge on any atom is 0.425 e. The molecule has 2 aromatic carbocycles. The maximum absolute atomic E-state index is 13.8. The number of halogens is 7. The number of alkyl halides is 6. The van der Waals surface area contributed by atoms with Crippen molar-refractivity contribution in [2.45, 2.75) is 65.7 Å². The molecule has 0 N–H and O–H groups in total. The van der Waals surface area contributed by atoms with E-state index in [0.717, 1.165) is 30.4 Å². The average molecular weight is 823 g/mol. The van der Waals surface area contributed by atoms with Gasteiger partial charge < -0.3 is 19.3 Å². The number of thiophene rings is 1. The molecule has 4 heterocycles. The second kappa shape index (κ2) is 15.2. The van der Waals surface area contributed by atoms with Crippen molar-refractivity contribution < 1.29 is 54.6 Å². The first kappa shape index (κ1) is 41.9. The van der Waals surface area contributed by atoms with E-state index < -0.39 is 63.2 Å². The molecule has 2 amide bonds. The fourth-order valence-electron chi connectivity index (χ4n) is 7.14. The molecule has 0 bridgehead atoms. The van der Waals surface area contributed by atoms with Crippen LogP contribution < -0.4 is 0 Å². The predicted octanol–water partition coefficient (Wildman–Crippen LogP) is 8.48. The van der Waals surface area contributed by atoms with Crippen LogP contribution in [0.5, 0.6) is 0 Å². The Balaban J connectivity index is 1.23. The normalized spacial score (nSPS) is 17.2. The van der Waals surface area contributed by atoms with E-state index in [1.54, 1.807) is 56.1 Å². The summed E-state index contributed by atoms with van der Waals surface area (Å²) < 4.78 is 109. The molecule has 0 aliphatic carbocycles. The average Bonchev–Trinajstić information content (AvgIpc) is 3.86. The number of rotatable bonds is 10. The summed E-state index contributed by atoms with van der Waals surface area (Å²) >= 11 is 0.493. The van der Waals surface area contributed by atoms with Crippen molar-refractivity contribution >= 4 is 29.1 Å². The number of nitrogens with zero attached hydrogens (tertiary/aromatic N) is 4. The van der Waals surface area contributed by atoms with Crippen LogP contribution in [-0.2, 0) is 33.6 Å². The Hall–Kier alpha value is -4.77. The third kappa shape index (κ3) is 8.88. The van der Waals surface area contributed by atoms with Crippen LogP contribution >= 0.6 is 11.3 Å². The van der Waals surface area contributed by atoms with Crippen LogP contribution in [0.3, 0.4) is 0 Å². The number of aromatic nitrogens is 2. The number of hydrogen-bond donors (Lipinski definition) is 0. The van der Waals surface area contributed by atoms with Crippen LogP contribution in [0.2, 0.25) is 0 Å². The van der Waals surface area contributed by atoms with Crippen LogP contribution in [0.25, 0.3) is 11.1 Å². The van der Waals surface area contributed by atoms with Crippen LogP contribution in [0.4, 0.5) is 30.7 Å². The fraction of sp³-hybridized carbons (Fsp3) is 0.450. The minimum absolute atomic E-state index is 0.0179. The van der Waals surface area contributed by atoms with Gasteiger partial charge in [0.2, 0.25) is 5.91 Å². The van der Waals surface area contributed by atoms with Crippen LogP contribution in [-0.4, -0.2) is 81.9 Å². The molecule has 9 nitrogen and oxygen atoms in total. The topological polar surface area (TPSA) is 94.0 Å². The molecule has 17 heteroatoms. The molecule has 2 fully saturated rings. The summed E-state index contributed by atoms with van der Waals surface area (Å²) in [7, 11) is 0. The Morgan fingerprint density at radius 2 is 1.60 bits per heavy atom. The summed E-state index contributed by atoms with van der Waals surface area (Å²) in [5.41, 5.74) is -2.67. The van der Waals surface area contributed by atoms with Crippen molar-refractivity contribution in [3.05, 3.63) is 99.3 Å². The summed E-state index contributed by atoms with van der Waals surface area (Å²) in [6.07, 6.45) is -6.45. The summed E-state index contributed by atoms with van der Waals surface area (Å²) in [6.45, 7) is 6.76. The van der Waals surface area contributed by atoms with E-state index in [4.69, 9.17) is 9.47 Å². The Labute approximate surface area is 328 Å². The number of esters is 1. The van der Waals surface area contributed by atoms with Crippen LogP contribution in [0.15, 0.2) is 66.3 Å². The zero-order valence-corrected chi connectivity index (χ0v) is 32.6. The highest BCUT2D eigenvalue weighted by atomic mass is 32.1. The highest BCUT2D eigenvalue weighted by Crippen LogP contribution is 2.48. The summed E-state index contributed by atoms with van der Waals surface area (Å²) in [4.78, 5) is 42.4. The predicted molar refractivity (Wildman–Crippen MR) is 196 cm³/mol. The lowest BCUT2D eigenvalue weighted by molar-refractivity contribution is -0.223. The molecular weight excluding hydrogens is 782 g/mol. The lowest BCUT2D eigenvalue weighted by atomic mass is 9.70. The van der Waals surface area contributed by atoms with Crippen molar-refractivity contribution in [1.82, 2.24) is 19.6 Å². The van der Waals surface area contributed by atoms with Gasteiger partial charge in [-0.2, -0.15) is 31.4 Å². The molecule has 306 valence electrons. The van der Waals surface area contributed by atoms with Crippen LogP contribution in [0, 0.1) is 22.6 Å². The molecule has 6 rings (SSSR count). The minimum atomic E-state index is -4.79. The van der Waals surface area contributed by atoms with Crippen molar-refractivity contribution in [1.29, 1.82) is 0 Å². The number of carbonyl (C=O) groups excluding carboxylic acids is 3. The van der Waals surface area contributed by atoms with E-state index in [1.165, 1.54) is 34.5 Å². The van der Waals surface area contributed by atoms with Crippen molar-refractivity contribution in [2.75, 3.05) is 32.8 Å². The quantitative estimate of drug-likeness (QED) is 0.118. The van der Waals surface area contributed by atoms with E-state index in [1.807, 2.05) is 0 Å². The molecule has 2 saturated heterocycles. The molecule has 0 saturated carbocycles. The summed E-state index contributed by atoms with van der Waals surface area (Å²) in [5, 5.41) is 5.58. The zero-order valence-electron chi connectivity index (χ0n) is 31.8. The van der Waals surface area contributed by atoms with Gasteiger partial charge in [-0.15, -0.1) is 11.3 Å². The van der Waals surface area contributed by atoms with Gasteiger partial charge in [-0.25, -0.2) is 9.18 Å². The third-order valence-electron chi connectivity index (χ3n) is 10.3. The first-order valence-electron chi connectivity index (χ1n) is 18.0. The lowest BCUT2D eigenvalue weighted by Crippen LogP contribution is -2.66. The van der Waals surface area contributed by atoms with Gasteiger partial charge in [0.05, 0.1) is 37.1 Å². The number of likely N-dealkylation sites (tertiary alicyclic amines) is 2. The molecule has 57 heavy (non-hydrogen) atoms. The van der Waals surface area contributed by atoms with Gasteiger partial charge in [0.15, 0.2) is 0 Å². The summed E-state index contributed by atoms with van der Waals surface area (Å²) in [6, 6.07) is 11.5. The Morgan fingerprint density at radius 1 is 0.930 bits per heavy atom. The SMILES string of the molecule is CC(C)(C)OC(=O)c1c(COC[C@@H]2CN(C(=O)c3cnn(Cc4ccc(F)cc4)c3)CC23CN(C(=O)C(C)(C)C(F)(F)F)C3)cccc1-c1csc(C(F)(F)F)c1. The van der Waals surface area contributed by atoms with Crippen molar-refractivity contribution in [2.24, 2.45) is 16.7 Å². The highest BCUT2D eigenvalue weighted by molar-refractivity contribution is 7.10. The van der Waals surface area contributed by atoms with Gasteiger partial charge in [0.1, 0.15) is 21.7 Å². The van der Waals surface area contributed by atoms with E-state index >= 15 is 0 Å². The van der Waals surface area contributed by atoms with E-state index in [0.29, 0.717) is 16.9 Å². The van der Waals surface area contributed by atoms with Gasteiger partial charge >= 0.3 is 18.3 Å². The Kier molecular flexibility index (Phi) is 11.2. The van der Waals surface area contributed by atoms with E-state index in [2.05, 4.69) is 5.10 Å². The van der Waals surface area contributed by atoms with Crippen molar-refractivity contribution in [3.63, 3.8) is 0 Å². The number of amides is 2. The second-order valence-electron chi connectivity index (χ2n) is 16.1. The van der Waals surface area contributed by atoms with Gasteiger partial charge in [-0.1, -0.05) is 30.3 Å². The standard InChI is InChI=1S/C40H41F7N4O5S/c1-36(2,3)56-34(53)32-25(7-6-8-30(32)26-13-31(57-20-26)39(42,43)44)18-55-19-28-17-49(21-38(28)22-50(23-38)35(54)37(4,5)40(45,46)47)33(52)27-14-48-51(16-27)15-24-9-11-29(41)12-10-24/h6-14,16,20,28H,15,17-19,21-23H2,1-5H3/t28-/m0/s1. The van der Waals surface area contributed by atoms with E-state index in [-0.39, 0.29) is 68.2 Å². The largest absolute Gasteiger partial charge is 0.456 e. The molecule has 1 atom stereocenters. The number of hydrogen-bond acceptors (Lipinski definition) is 7. The maximum atomic E-state index is 13.8. The smallest absolute Gasteiger partial charge is 0.425 e. The fourth-order valence-corrected chi connectivity index (χ4v) is 7.92. The molecule has 2 aliphatic rings. The summed E-state index contributed by atoms with van der Waals surface area (Å²) in [5.74, 6) is -3.11. The number of carbonyl (C=O) groups is 3. The highest BCUT2D eigenvalue weighted by Gasteiger charge is 2.61. The van der Waals surface area contributed by atoms with Gasteiger partial charge in [0, 0.05) is 43.7 Å². The minimum Gasteiger partial charge on any atom is -0.456 e. The first-order valence-corrected chi connectivity index (χ1v) is 18.9. The molecule has 0 radical (unpaired) electrons. The second-order valence-corrected chi connectivity index (χ2v) is 17.0. The van der Waals surface area contributed by atoms with Gasteiger partial charge in [-0.05, 0) is 80.5 Å². The van der Waals surface area contributed by atoms with Gasteiger partial charge in [-0.3, -0.25) is 14.3 Å². The molecule has 0 unspecified atom stereocenters. The molecular formula is C40H41F7N4O5S. The van der Waals surface area contributed by atoms with E-state index in [9.17, 15) is 45.1 Å². The van der Waals surface area contributed by atoms with Gasteiger partial charge in [0.25, 0.3) is 5.91 Å². The Morgan fingerprint density at radius 3 is 2.21 bits per heavy atom. The van der Waals surface area contributed by atoms with Crippen molar-refractivity contribution in [3.8, 4) is 11.1 Å².